The number of fused-ring (bicyclic) bond motifs is 1. The first-order valence-electron chi connectivity index (χ1n) is 7.53. The number of likely N-dealkylation sites (tertiary alicyclic amines) is 1. The van der Waals surface area contributed by atoms with Crippen LogP contribution in [0.3, 0.4) is 0 Å². The van der Waals surface area contributed by atoms with E-state index in [2.05, 4.69) is 10.5 Å². The van der Waals surface area contributed by atoms with Crippen LogP contribution in [0, 0.1) is 12.8 Å². The minimum atomic E-state index is -0.243. The first-order valence-corrected chi connectivity index (χ1v) is 7.53. The smallest absolute Gasteiger partial charge is 0.276 e. The van der Waals surface area contributed by atoms with Gasteiger partial charge in [-0.25, -0.2) is 0 Å². The molecule has 2 amide bonds. The number of benzene rings is 1. The molecule has 4 rings (SSSR count). The molecular formula is C16H15N3O5. The Bertz CT molecular complexity index is 810. The van der Waals surface area contributed by atoms with E-state index in [1.54, 1.807) is 36.1 Å². The molecule has 3 heterocycles. The second kappa shape index (κ2) is 5.55. The van der Waals surface area contributed by atoms with E-state index in [9.17, 15) is 9.59 Å². The maximum absolute atomic E-state index is 12.2. The molecule has 2 aliphatic rings. The summed E-state index contributed by atoms with van der Waals surface area (Å²) in [5.74, 6) is 1.26. The van der Waals surface area contributed by atoms with Gasteiger partial charge < -0.3 is 24.2 Å². The van der Waals surface area contributed by atoms with Gasteiger partial charge in [-0.15, -0.1) is 0 Å². The molecule has 1 N–H and O–H groups in total. The fourth-order valence-corrected chi connectivity index (χ4v) is 2.66. The normalized spacial score (nSPS) is 16.0. The van der Waals surface area contributed by atoms with Crippen molar-refractivity contribution >= 4 is 17.5 Å². The average molecular weight is 329 g/mol. The van der Waals surface area contributed by atoms with E-state index in [0.29, 0.717) is 36.0 Å². The average Bonchev–Trinajstić information content (AvgIpc) is 3.13. The number of ether oxygens (including phenoxy) is 2. The van der Waals surface area contributed by atoms with Crippen molar-refractivity contribution in [3.8, 4) is 11.5 Å². The van der Waals surface area contributed by atoms with E-state index in [1.165, 1.54) is 0 Å². The first kappa shape index (κ1) is 14.6. The van der Waals surface area contributed by atoms with Crippen LogP contribution in [0.15, 0.2) is 28.8 Å². The number of nitrogens with zero attached hydrogens (tertiary/aromatic N) is 2. The lowest BCUT2D eigenvalue weighted by molar-refractivity contribution is -0.123. The van der Waals surface area contributed by atoms with Crippen LogP contribution in [0.1, 0.15) is 16.2 Å². The number of aromatic nitrogens is 1. The number of anilines is 1. The molecule has 1 aromatic carbocycles. The molecule has 1 saturated heterocycles. The van der Waals surface area contributed by atoms with Crippen molar-refractivity contribution < 1.29 is 23.6 Å². The van der Waals surface area contributed by atoms with Gasteiger partial charge in [0.2, 0.25) is 12.7 Å². The molecule has 0 spiro atoms. The van der Waals surface area contributed by atoms with Crippen LogP contribution in [0.25, 0.3) is 0 Å². The van der Waals surface area contributed by atoms with Crippen molar-refractivity contribution in [1.29, 1.82) is 0 Å². The molecular weight excluding hydrogens is 314 g/mol. The molecule has 2 aliphatic heterocycles. The van der Waals surface area contributed by atoms with Gasteiger partial charge in [0.25, 0.3) is 5.91 Å². The second-order valence-corrected chi connectivity index (χ2v) is 5.79. The Morgan fingerprint density at radius 2 is 2.00 bits per heavy atom. The van der Waals surface area contributed by atoms with E-state index < -0.39 is 0 Å². The molecule has 2 aromatic rings. The van der Waals surface area contributed by atoms with Crippen molar-refractivity contribution in [2.75, 3.05) is 25.2 Å². The molecule has 0 saturated carbocycles. The van der Waals surface area contributed by atoms with Crippen LogP contribution in [0.5, 0.6) is 11.5 Å². The third kappa shape index (κ3) is 2.55. The molecule has 124 valence electrons. The van der Waals surface area contributed by atoms with Crippen molar-refractivity contribution in [2.45, 2.75) is 6.92 Å². The van der Waals surface area contributed by atoms with E-state index in [4.69, 9.17) is 14.0 Å². The molecule has 0 bridgehead atoms. The van der Waals surface area contributed by atoms with Crippen LogP contribution in [0.2, 0.25) is 0 Å². The minimum Gasteiger partial charge on any atom is -0.454 e. The molecule has 0 atom stereocenters. The van der Waals surface area contributed by atoms with Gasteiger partial charge in [0.05, 0.1) is 5.92 Å². The molecule has 24 heavy (non-hydrogen) atoms. The monoisotopic (exact) mass is 329 g/mol. The maximum atomic E-state index is 12.2. The topological polar surface area (TPSA) is 93.9 Å². The Hall–Kier alpha value is -3.03. The fourth-order valence-electron chi connectivity index (χ4n) is 2.66. The lowest BCUT2D eigenvalue weighted by Gasteiger charge is -2.37. The first-order chi connectivity index (χ1) is 11.6. The Balaban J connectivity index is 1.33. The van der Waals surface area contributed by atoms with Gasteiger partial charge in [-0.05, 0) is 19.1 Å². The maximum Gasteiger partial charge on any atom is 0.276 e. The summed E-state index contributed by atoms with van der Waals surface area (Å²) in [6, 6.07) is 6.81. The third-order valence-electron chi connectivity index (χ3n) is 4.03. The van der Waals surface area contributed by atoms with Crippen molar-refractivity contribution in [1.82, 2.24) is 10.1 Å². The van der Waals surface area contributed by atoms with Crippen LogP contribution in [0.4, 0.5) is 5.69 Å². The van der Waals surface area contributed by atoms with E-state index in [0.717, 1.165) is 0 Å². The lowest BCUT2D eigenvalue weighted by Crippen LogP contribution is -2.54. The summed E-state index contributed by atoms with van der Waals surface area (Å²) in [7, 11) is 0. The molecule has 1 aromatic heterocycles. The number of amides is 2. The predicted molar refractivity (Wildman–Crippen MR) is 81.8 cm³/mol. The lowest BCUT2D eigenvalue weighted by atomic mass is 9.98. The van der Waals surface area contributed by atoms with Crippen LogP contribution >= 0.6 is 0 Å². The van der Waals surface area contributed by atoms with Crippen molar-refractivity contribution in [2.24, 2.45) is 5.92 Å². The van der Waals surface area contributed by atoms with Crippen molar-refractivity contribution in [3.63, 3.8) is 0 Å². The highest BCUT2D eigenvalue weighted by atomic mass is 16.7. The largest absolute Gasteiger partial charge is 0.454 e. The molecule has 0 aliphatic carbocycles. The Morgan fingerprint density at radius 3 is 2.75 bits per heavy atom. The summed E-state index contributed by atoms with van der Waals surface area (Å²) in [4.78, 5) is 26.0. The molecule has 1 fully saturated rings. The fraction of sp³-hybridized carbons (Fsp3) is 0.312. The van der Waals surface area contributed by atoms with E-state index in [-0.39, 0.29) is 30.2 Å². The Morgan fingerprint density at radius 1 is 1.21 bits per heavy atom. The number of hydrogen-bond acceptors (Lipinski definition) is 6. The van der Waals surface area contributed by atoms with E-state index in [1.807, 2.05) is 0 Å². The number of carbonyl (C=O) groups excluding carboxylic acids is 2. The highest BCUT2D eigenvalue weighted by Crippen LogP contribution is 2.34. The summed E-state index contributed by atoms with van der Waals surface area (Å²) < 4.78 is 15.4. The molecule has 8 nitrogen and oxygen atoms in total. The molecule has 8 heteroatoms. The summed E-state index contributed by atoms with van der Waals surface area (Å²) in [5, 5.41) is 6.53. The zero-order chi connectivity index (χ0) is 16.7. The number of nitrogens with one attached hydrogen (secondary N) is 1. The SMILES string of the molecule is Cc1cc(C(=O)N2CC(C(=O)Nc3ccc4c(c3)OCO4)C2)no1. The van der Waals surface area contributed by atoms with Gasteiger partial charge in [-0.2, -0.15) is 0 Å². The van der Waals surface area contributed by atoms with Gasteiger partial charge in [0, 0.05) is 30.9 Å². The number of aryl methyl sites for hydroxylation is 1. The highest BCUT2D eigenvalue weighted by molar-refractivity contribution is 5.97. The number of hydrogen-bond donors (Lipinski definition) is 1. The van der Waals surface area contributed by atoms with Crippen molar-refractivity contribution in [3.05, 3.63) is 35.7 Å². The number of rotatable bonds is 3. The van der Waals surface area contributed by atoms with Crippen LogP contribution in [-0.2, 0) is 4.79 Å². The summed E-state index contributed by atoms with van der Waals surface area (Å²) in [6.45, 7) is 2.64. The van der Waals surface area contributed by atoms with E-state index >= 15 is 0 Å². The van der Waals surface area contributed by atoms with Crippen LogP contribution in [-0.4, -0.2) is 41.8 Å². The van der Waals surface area contributed by atoms with Gasteiger partial charge in [0.15, 0.2) is 17.2 Å². The summed E-state index contributed by atoms with van der Waals surface area (Å²) >= 11 is 0. The molecule has 0 unspecified atom stereocenters. The zero-order valence-corrected chi connectivity index (χ0v) is 12.9. The summed E-state index contributed by atoms with van der Waals surface area (Å²) in [5.41, 5.74) is 0.906. The van der Waals surface area contributed by atoms with Gasteiger partial charge in [-0.3, -0.25) is 9.59 Å². The second-order valence-electron chi connectivity index (χ2n) is 5.79. The quantitative estimate of drug-likeness (QED) is 0.915. The summed E-state index contributed by atoms with van der Waals surface area (Å²) in [6.07, 6.45) is 0. The van der Waals surface area contributed by atoms with Gasteiger partial charge >= 0.3 is 0 Å². The Kier molecular flexibility index (Phi) is 3.37. The number of carbonyl (C=O) groups is 2. The standard InChI is InChI=1S/C16H15N3O5/c1-9-4-12(18-24-9)16(21)19-6-10(7-19)15(20)17-11-2-3-13-14(5-11)23-8-22-13/h2-5,10H,6-8H2,1H3,(H,17,20). The van der Waals surface area contributed by atoms with Gasteiger partial charge in [-0.1, -0.05) is 5.16 Å². The molecule has 0 radical (unpaired) electrons. The predicted octanol–water partition coefficient (Wildman–Crippen LogP) is 1.42. The third-order valence-corrected chi connectivity index (χ3v) is 4.03. The Labute approximate surface area is 137 Å². The minimum absolute atomic E-state index is 0.130. The van der Waals surface area contributed by atoms with Crippen LogP contribution < -0.4 is 14.8 Å². The van der Waals surface area contributed by atoms with Gasteiger partial charge in [0.1, 0.15) is 5.76 Å². The zero-order valence-electron chi connectivity index (χ0n) is 12.9. The highest BCUT2D eigenvalue weighted by Gasteiger charge is 2.37.